The molecule has 0 aliphatic carbocycles. The summed E-state index contributed by atoms with van der Waals surface area (Å²) in [7, 11) is 0. The summed E-state index contributed by atoms with van der Waals surface area (Å²) in [5.74, 6) is -1.76. The monoisotopic (exact) mass is 302 g/mol. The number of carboxylic acid groups (broad SMARTS) is 2. The minimum Gasteiger partial charge on any atom is -0.478 e. The van der Waals surface area contributed by atoms with Crippen molar-refractivity contribution in [1.29, 1.82) is 0 Å². The van der Waals surface area contributed by atoms with Crippen molar-refractivity contribution >= 4 is 11.9 Å². The van der Waals surface area contributed by atoms with Crippen LogP contribution in [0.1, 0.15) is 20.7 Å². The summed E-state index contributed by atoms with van der Waals surface area (Å²) in [6.07, 6.45) is 0. The number of aromatic carboxylic acids is 2. The fourth-order valence-corrected chi connectivity index (χ4v) is 1.16. The van der Waals surface area contributed by atoms with Crippen molar-refractivity contribution in [2.24, 2.45) is 0 Å². The smallest absolute Gasteiger partial charge is 0.335 e. The van der Waals surface area contributed by atoms with Crippen molar-refractivity contribution in [2.45, 2.75) is 0 Å². The second kappa shape index (κ2) is 8.89. The Kier molecular flexibility index (Phi) is 7.90. The van der Waals surface area contributed by atoms with Crippen LogP contribution in [-0.2, 0) is 16.5 Å². The SMILES string of the molecule is O=C(O)c1ccccc1.O=C(O)c1ccccc1.[Ni]. The molecule has 2 N–H and O–H groups in total. The Morgan fingerprint density at radius 1 is 0.632 bits per heavy atom. The van der Waals surface area contributed by atoms with Gasteiger partial charge in [0.25, 0.3) is 0 Å². The van der Waals surface area contributed by atoms with E-state index in [1.54, 1.807) is 60.7 Å². The van der Waals surface area contributed by atoms with Crippen LogP contribution < -0.4 is 0 Å². The third-order valence-electron chi connectivity index (χ3n) is 2.04. The van der Waals surface area contributed by atoms with E-state index in [0.29, 0.717) is 11.1 Å². The zero-order chi connectivity index (χ0) is 13.4. The Bertz CT molecular complexity index is 462. The molecule has 0 atom stereocenters. The number of carboxylic acids is 2. The molecule has 5 heteroatoms. The standard InChI is InChI=1S/2C7H6O2.Ni/c2*8-7(9)6-4-2-1-3-5-6;/h2*1-5H,(H,8,9);. The molecule has 19 heavy (non-hydrogen) atoms. The van der Waals surface area contributed by atoms with Gasteiger partial charge in [-0.05, 0) is 24.3 Å². The molecular formula is C14H12NiO4. The van der Waals surface area contributed by atoms with Crippen LogP contribution in [0.15, 0.2) is 60.7 Å². The first-order valence-corrected chi connectivity index (χ1v) is 5.18. The summed E-state index contributed by atoms with van der Waals surface area (Å²) >= 11 is 0. The average molecular weight is 303 g/mol. The number of carbonyl (C=O) groups is 2. The summed E-state index contributed by atoms with van der Waals surface area (Å²) < 4.78 is 0. The molecule has 0 aliphatic heterocycles. The van der Waals surface area contributed by atoms with Gasteiger partial charge in [0, 0.05) is 16.5 Å². The van der Waals surface area contributed by atoms with E-state index in [1.807, 2.05) is 0 Å². The van der Waals surface area contributed by atoms with Gasteiger partial charge in [-0.25, -0.2) is 9.59 Å². The van der Waals surface area contributed by atoms with E-state index in [-0.39, 0.29) is 16.5 Å². The molecule has 0 saturated carbocycles. The van der Waals surface area contributed by atoms with Crippen LogP contribution in [0.5, 0.6) is 0 Å². The fourth-order valence-electron chi connectivity index (χ4n) is 1.16. The molecule has 2 aromatic carbocycles. The summed E-state index contributed by atoms with van der Waals surface area (Å²) in [6.45, 7) is 0. The van der Waals surface area contributed by atoms with Gasteiger partial charge in [-0.1, -0.05) is 36.4 Å². The molecule has 0 unspecified atom stereocenters. The maximum absolute atomic E-state index is 10.2. The van der Waals surface area contributed by atoms with E-state index >= 15 is 0 Å². The van der Waals surface area contributed by atoms with Gasteiger partial charge < -0.3 is 10.2 Å². The molecule has 0 bridgehead atoms. The third kappa shape index (κ3) is 6.39. The van der Waals surface area contributed by atoms with Crippen molar-refractivity contribution in [2.75, 3.05) is 0 Å². The van der Waals surface area contributed by atoms with Gasteiger partial charge in [0.15, 0.2) is 0 Å². The van der Waals surface area contributed by atoms with Crippen LogP contribution >= 0.6 is 0 Å². The van der Waals surface area contributed by atoms with Crippen molar-refractivity contribution in [3.8, 4) is 0 Å². The minimum atomic E-state index is -0.879. The molecule has 4 nitrogen and oxygen atoms in total. The quantitative estimate of drug-likeness (QED) is 0.837. The fraction of sp³-hybridized carbons (Fsp3) is 0. The average Bonchev–Trinajstić information content (AvgIpc) is 2.41. The maximum atomic E-state index is 10.2. The van der Waals surface area contributed by atoms with Gasteiger partial charge in [0.05, 0.1) is 11.1 Å². The largest absolute Gasteiger partial charge is 0.478 e. The van der Waals surface area contributed by atoms with Gasteiger partial charge in [-0.2, -0.15) is 0 Å². The van der Waals surface area contributed by atoms with Gasteiger partial charge in [-0.15, -0.1) is 0 Å². The molecule has 0 aromatic heterocycles. The zero-order valence-corrected chi connectivity index (χ0v) is 10.8. The van der Waals surface area contributed by atoms with Gasteiger partial charge in [0.2, 0.25) is 0 Å². The number of rotatable bonds is 2. The molecule has 0 heterocycles. The molecule has 0 aliphatic rings. The first-order valence-electron chi connectivity index (χ1n) is 5.18. The van der Waals surface area contributed by atoms with Crippen LogP contribution in [0.2, 0.25) is 0 Å². The molecule has 0 fully saturated rings. The molecule has 102 valence electrons. The van der Waals surface area contributed by atoms with E-state index in [4.69, 9.17) is 10.2 Å². The number of hydrogen-bond donors (Lipinski definition) is 2. The van der Waals surface area contributed by atoms with Crippen LogP contribution in [0, 0.1) is 0 Å². The molecule has 0 spiro atoms. The van der Waals surface area contributed by atoms with Crippen molar-refractivity contribution < 1.29 is 36.3 Å². The minimum absolute atomic E-state index is 0. The van der Waals surface area contributed by atoms with Crippen molar-refractivity contribution in [1.82, 2.24) is 0 Å². The maximum Gasteiger partial charge on any atom is 0.335 e. The Balaban J connectivity index is 0.000000324. The van der Waals surface area contributed by atoms with Crippen molar-refractivity contribution in [3.05, 3.63) is 71.8 Å². The molecule has 0 radical (unpaired) electrons. The summed E-state index contributed by atoms with van der Waals surface area (Å²) in [5, 5.41) is 16.8. The molecule has 2 aromatic rings. The Labute approximate surface area is 120 Å². The first kappa shape index (κ1) is 16.9. The molecular weight excluding hydrogens is 291 g/mol. The first-order chi connectivity index (χ1) is 8.61. The molecule has 0 saturated heterocycles. The van der Waals surface area contributed by atoms with Crippen LogP contribution in [0.25, 0.3) is 0 Å². The van der Waals surface area contributed by atoms with Gasteiger partial charge in [0.1, 0.15) is 0 Å². The Hall–Kier alpha value is -2.13. The molecule has 0 amide bonds. The Morgan fingerprint density at radius 3 is 1.05 bits per heavy atom. The van der Waals surface area contributed by atoms with Crippen LogP contribution in [0.3, 0.4) is 0 Å². The van der Waals surface area contributed by atoms with Gasteiger partial charge in [-0.3, -0.25) is 0 Å². The normalized spacial score (nSPS) is 8.42. The predicted octanol–water partition coefficient (Wildman–Crippen LogP) is 2.77. The van der Waals surface area contributed by atoms with E-state index < -0.39 is 11.9 Å². The number of benzene rings is 2. The van der Waals surface area contributed by atoms with Crippen molar-refractivity contribution in [3.63, 3.8) is 0 Å². The topological polar surface area (TPSA) is 74.6 Å². The molecule has 2 rings (SSSR count). The van der Waals surface area contributed by atoms with E-state index in [1.165, 1.54) is 0 Å². The third-order valence-corrected chi connectivity index (χ3v) is 2.04. The predicted molar refractivity (Wildman–Crippen MR) is 66.8 cm³/mol. The van der Waals surface area contributed by atoms with E-state index in [9.17, 15) is 9.59 Å². The van der Waals surface area contributed by atoms with E-state index in [0.717, 1.165) is 0 Å². The van der Waals surface area contributed by atoms with Crippen LogP contribution in [0.4, 0.5) is 0 Å². The summed E-state index contributed by atoms with van der Waals surface area (Å²) in [6, 6.07) is 16.6. The van der Waals surface area contributed by atoms with Gasteiger partial charge >= 0.3 is 11.9 Å². The summed E-state index contributed by atoms with van der Waals surface area (Å²) in [5.41, 5.74) is 0.662. The van der Waals surface area contributed by atoms with E-state index in [2.05, 4.69) is 0 Å². The Morgan fingerprint density at radius 2 is 0.895 bits per heavy atom. The summed E-state index contributed by atoms with van der Waals surface area (Å²) in [4.78, 5) is 20.4. The zero-order valence-electron chi connectivity index (χ0n) is 9.80. The number of hydrogen-bond acceptors (Lipinski definition) is 2. The second-order valence-electron chi connectivity index (χ2n) is 3.34. The van der Waals surface area contributed by atoms with Crippen LogP contribution in [-0.4, -0.2) is 22.2 Å². The second-order valence-corrected chi connectivity index (χ2v) is 3.34.